The van der Waals surface area contributed by atoms with Gasteiger partial charge in [0.1, 0.15) is 22.6 Å². The average Bonchev–Trinajstić information content (AvgIpc) is 2.62. The van der Waals surface area contributed by atoms with E-state index >= 15 is 0 Å². The minimum atomic E-state index is -1.48. The molecule has 0 unspecified atom stereocenters. The maximum Gasteiger partial charge on any atom is 0.408 e. The molecule has 1 amide bonds. The van der Waals surface area contributed by atoms with E-state index < -0.39 is 23.2 Å². The zero-order valence-corrected chi connectivity index (χ0v) is 16.8. The normalized spacial score (nSPS) is 18.4. The van der Waals surface area contributed by atoms with Gasteiger partial charge >= 0.3 is 12.1 Å². The van der Waals surface area contributed by atoms with E-state index in [4.69, 9.17) is 15.2 Å². The molecule has 0 aliphatic heterocycles. The third-order valence-corrected chi connectivity index (χ3v) is 4.82. The summed E-state index contributed by atoms with van der Waals surface area (Å²) in [6.07, 6.45) is 0.0681. The van der Waals surface area contributed by atoms with Gasteiger partial charge in [0.2, 0.25) is 0 Å². The number of ether oxygens (including phenoxy) is 2. The highest BCUT2D eigenvalue weighted by atomic mass is 16.6. The number of benzene rings is 2. The first-order chi connectivity index (χ1) is 13.6. The minimum Gasteiger partial charge on any atom is -0.479 e. The molecule has 0 heterocycles. The van der Waals surface area contributed by atoms with E-state index in [1.54, 1.807) is 39.0 Å². The molecule has 154 valence electrons. The number of aliphatic carboxylic acids is 1. The Morgan fingerprint density at radius 3 is 2.45 bits per heavy atom. The number of alkyl carbamates (subject to hydrolysis) is 1. The first-order valence-corrected chi connectivity index (χ1v) is 9.47. The van der Waals surface area contributed by atoms with Crippen LogP contribution in [-0.2, 0) is 22.4 Å². The molecule has 1 aliphatic rings. The van der Waals surface area contributed by atoms with Crippen molar-refractivity contribution in [3.05, 3.63) is 53.6 Å². The number of para-hydroxylation sites is 2. The summed E-state index contributed by atoms with van der Waals surface area (Å²) in [6, 6.07) is 12.7. The first kappa shape index (κ1) is 20.5. The lowest BCUT2D eigenvalue weighted by atomic mass is 9.77. The van der Waals surface area contributed by atoms with Crippen molar-refractivity contribution in [1.29, 1.82) is 0 Å². The van der Waals surface area contributed by atoms with Gasteiger partial charge in [-0.2, -0.15) is 0 Å². The summed E-state index contributed by atoms with van der Waals surface area (Å²) < 4.78 is 11.3. The fourth-order valence-electron chi connectivity index (χ4n) is 3.41. The zero-order valence-electron chi connectivity index (χ0n) is 16.8. The summed E-state index contributed by atoms with van der Waals surface area (Å²) in [5.41, 5.74) is 5.98. The number of anilines is 1. The number of nitrogens with two attached hydrogens (primary N) is 1. The van der Waals surface area contributed by atoms with Gasteiger partial charge in [-0.15, -0.1) is 0 Å². The van der Waals surface area contributed by atoms with Crippen LogP contribution in [0.4, 0.5) is 10.5 Å². The molecule has 0 saturated carbocycles. The van der Waals surface area contributed by atoms with E-state index in [9.17, 15) is 14.7 Å². The van der Waals surface area contributed by atoms with E-state index in [2.05, 4.69) is 5.32 Å². The number of carboxylic acid groups (broad SMARTS) is 1. The Labute approximate surface area is 169 Å². The maximum absolute atomic E-state index is 12.3. The molecule has 2 aromatic rings. The van der Waals surface area contributed by atoms with Crippen LogP contribution in [0.25, 0.3) is 0 Å². The predicted molar refractivity (Wildman–Crippen MR) is 109 cm³/mol. The van der Waals surface area contributed by atoms with Crippen LogP contribution in [-0.4, -0.2) is 28.3 Å². The van der Waals surface area contributed by atoms with Crippen molar-refractivity contribution in [3.8, 4) is 11.5 Å². The van der Waals surface area contributed by atoms with Crippen LogP contribution in [0.15, 0.2) is 42.5 Å². The molecule has 1 aliphatic carbocycles. The molecule has 4 N–H and O–H groups in total. The van der Waals surface area contributed by atoms with Crippen molar-refractivity contribution in [1.82, 2.24) is 5.32 Å². The molecule has 2 aromatic carbocycles. The van der Waals surface area contributed by atoms with Crippen molar-refractivity contribution in [2.45, 2.75) is 51.2 Å². The Hall–Kier alpha value is -3.22. The summed E-state index contributed by atoms with van der Waals surface area (Å²) in [5, 5.41) is 12.5. The largest absolute Gasteiger partial charge is 0.479 e. The molecule has 7 heteroatoms. The molecule has 0 fully saturated rings. The molecular formula is C22H26N2O5. The molecular weight excluding hydrogens is 372 g/mol. The number of nitrogens with one attached hydrogen (secondary N) is 1. The Bertz CT molecular complexity index is 935. The molecule has 0 radical (unpaired) electrons. The second-order valence-corrected chi connectivity index (χ2v) is 8.22. The number of carbonyl (C=O) groups is 2. The van der Waals surface area contributed by atoms with Crippen LogP contribution in [0.2, 0.25) is 0 Å². The summed E-state index contributed by atoms with van der Waals surface area (Å²) in [7, 11) is 0. The Morgan fingerprint density at radius 1 is 1.10 bits per heavy atom. The van der Waals surface area contributed by atoms with Crippen molar-refractivity contribution in [2.24, 2.45) is 0 Å². The van der Waals surface area contributed by atoms with Gasteiger partial charge in [0.25, 0.3) is 0 Å². The van der Waals surface area contributed by atoms with Gasteiger partial charge < -0.3 is 25.6 Å². The third-order valence-electron chi connectivity index (χ3n) is 4.82. The molecule has 0 bridgehead atoms. The average molecular weight is 398 g/mol. The molecule has 29 heavy (non-hydrogen) atoms. The summed E-state index contributed by atoms with van der Waals surface area (Å²) in [6.45, 7) is 5.19. The number of hydrogen-bond acceptors (Lipinski definition) is 5. The standard InChI is InChI=1S/C22H26N2O5/c1-21(2,3)29-20(27)24-22(19(25)26)12-11-14-7-6-10-17(15(14)13-22)28-18-9-5-4-8-16(18)23/h4-10H,11-13,23H2,1-3H3,(H,24,27)(H,25,26)/t22-/m1/s1. The Kier molecular flexibility index (Phi) is 5.42. The molecule has 7 nitrogen and oxygen atoms in total. The number of carboxylic acids is 1. The third kappa shape index (κ3) is 4.62. The maximum atomic E-state index is 12.3. The van der Waals surface area contributed by atoms with E-state index in [0.717, 1.165) is 11.1 Å². The molecule has 1 atom stereocenters. The Morgan fingerprint density at radius 2 is 1.79 bits per heavy atom. The predicted octanol–water partition coefficient (Wildman–Crippen LogP) is 3.90. The van der Waals surface area contributed by atoms with E-state index in [1.807, 2.05) is 24.3 Å². The van der Waals surface area contributed by atoms with Crippen LogP contribution in [0.1, 0.15) is 38.3 Å². The zero-order chi connectivity index (χ0) is 21.2. The second kappa shape index (κ2) is 7.66. The van der Waals surface area contributed by atoms with Crippen LogP contribution < -0.4 is 15.8 Å². The fourth-order valence-corrected chi connectivity index (χ4v) is 3.41. The number of nitrogen functional groups attached to an aromatic ring is 1. The van der Waals surface area contributed by atoms with Gasteiger partial charge in [0, 0.05) is 12.0 Å². The SMILES string of the molecule is CC(C)(C)OC(=O)N[C@]1(C(=O)O)CCc2cccc(Oc3ccccc3N)c2C1. The van der Waals surface area contributed by atoms with Gasteiger partial charge in [-0.3, -0.25) is 0 Å². The van der Waals surface area contributed by atoms with Gasteiger partial charge in [0.05, 0.1) is 5.69 Å². The van der Waals surface area contributed by atoms with Crippen molar-refractivity contribution in [2.75, 3.05) is 5.73 Å². The van der Waals surface area contributed by atoms with Gasteiger partial charge in [-0.05, 0) is 57.4 Å². The van der Waals surface area contributed by atoms with E-state index in [-0.39, 0.29) is 12.8 Å². The summed E-state index contributed by atoms with van der Waals surface area (Å²) in [4.78, 5) is 24.5. The van der Waals surface area contributed by atoms with E-state index in [1.165, 1.54) is 0 Å². The lowest BCUT2D eigenvalue weighted by molar-refractivity contribution is -0.145. The van der Waals surface area contributed by atoms with Crippen LogP contribution >= 0.6 is 0 Å². The lowest BCUT2D eigenvalue weighted by Crippen LogP contribution is -2.58. The van der Waals surface area contributed by atoms with Gasteiger partial charge in [0.15, 0.2) is 0 Å². The minimum absolute atomic E-state index is 0.0832. The van der Waals surface area contributed by atoms with Crippen molar-refractivity contribution in [3.63, 3.8) is 0 Å². The number of rotatable bonds is 4. The highest BCUT2D eigenvalue weighted by Gasteiger charge is 2.44. The van der Waals surface area contributed by atoms with Crippen LogP contribution in [0.5, 0.6) is 11.5 Å². The molecule has 0 saturated heterocycles. The van der Waals surface area contributed by atoms with Crippen LogP contribution in [0, 0.1) is 0 Å². The van der Waals surface area contributed by atoms with Crippen LogP contribution in [0.3, 0.4) is 0 Å². The molecule has 0 aromatic heterocycles. The summed E-state index contributed by atoms with van der Waals surface area (Å²) in [5.74, 6) is -0.0905. The fraction of sp³-hybridized carbons (Fsp3) is 0.364. The van der Waals surface area contributed by atoms with Gasteiger partial charge in [-0.25, -0.2) is 9.59 Å². The Balaban J connectivity index is 1.92. The van der Waals surface area contributed by atoms with Crippen molar-refractivity contribution >= 4 is 17.7 Å². The number of fused-ring (bicyclic) bond motifs is 1. The molecule has 3 rings (SSSR count). The van der Waals surface area contributed by atoms with Gasteiger partial charge in [-0.1, -0.05) is 24.3 Å². The highest BCUT2D eigenvalue weighted by molar-refractivity contribution is 5.85. The lowest BCUT2D eigenvalue weighted by Gasteiger charge is -2.36. The monoisotopic (exact) mass is 398 g/mol. The quantitative estimate of drug-likeness (QED) is 0.674. The number of carbonyl (C=O) groups excluding carboxylic acids is 1. The number of aryl methyl sites for hydroxylation is 1. The second-order valence-electron chi connectivity index (χ2n) is 8.22. The molecule has 0 spiro atoms. The summed E-state index contributed by atoms with van der Waals surface area (Å²) >= 11 is 0. The van der Waals surface area contributed by atoms with Crippen molar-refractivity contribution < 1.29 is 24.2 Å². The number of hydrogen-bond donors (Lipinski definition) is 3. The topological polar surface area (TPSA) is 111 Å². The van der Waals surface area contributed by atoms with E-state index in [0.29, 0.717) is 23.6 Å². The smallest absolute Gasteiger partial charge is 0.408 e. The number of amides is 1. The highest BCUT2D eigenvalue weighted by Crippen LogP contribution is 2.38. The first-order valence-electron chi connectivity index (χ1n) is 9.47.